The molecule has 7 N–H and O–H groups in total. The monoisotopic (exact) mass is 891 g/mol. The van der Waals surface area contributed by atoms with Gasteiger partial charge in [0, 0.05) is 24.7 Å². The summed E-state index contributed by atoms with van der Waals surface area (Å²) >= 11 is 0. The molecule has 1 spiro atoms. The molecule has 4 saturated carbocycles. The summed E-state index contributed by atoms with van der Waals surface area (Å²) in [5.74, 6) is 0.955. The van der Waals surface area contributed by atoms with Crippen molar-refractivity contribution >= 4 is 17.6 Å². The van der Waals surface area contributed by atoms with Crippen LogP contribution in [0, 0.1) is 58.1 Å². The summed E-state index contributed by atoms with van der Waals surface area (Å²) in [4.78, 5) is 26.9. The van der Waals surface area contributed by atoms with Crippen molar-refractivity contribution < 1.29 is 77.8 Å². The largest absolute Gasteiger partial charge is 0.446 e. The number of aliphatic hydroxyl groups is 6. The van der Waals surface area contributed by atoms with E-state index in [4.69, 9.17) is 33.2 Å². The van der Waals surface area contributed by atoms with Gasteiger partial charge < -0.3 is 63.8 Å². The fourth-order valence-corrected chi connectivity index (χ4v) is 13.9. The number of rotatable bonds is 8. The van der Waals surface area contributed by atoms with Crippen LogP contribution in [-0.4, -0.2) is 142 Å². The third kappa shape index (κ3) is 7.86. The molecule has 4 aliphatic carbocycles. The van der Waals surface area contributed by atoms with Crippen LogP contribution in [0.5, 0.6) is 0 Å². The van der Waals surface area contributed by atoms with Crippen LogP contribution >= 0.6 is 0 Å². The van der Waals surface area contributed by atoms with Gasteiger partial charge in [0.1, 0.15) is 67.0 Å². The minimum atomic E-state index is -1.87. The molecule has 4 saturated heterocycles. The van der Waals surface area contributed by atoms with Gasteiger partial charge in [0.25, 0.3) is 0 Å². The molecule has 1 amide bonds. The molecule has 352 valence electrons. The Labute approximate surface area is 367 Å². The van der Waals surface area contributed by atoms with Crippen molar-refractivity contribution in [2.24, 2.45) is 52.3 Å². The number of halogens is 1. The number of amides is 1. The molecule has 0 radical (unpaired) electrons. The van der Waals surface area contributed by atoms with Crippen LogP contribution < -0.4 is 5.32 Å². The fraction of sp³-hybridized carbons (Fsp3) is 0.826. The molecule has 8 aliphatic rings. The first kappa shape index (κ1) is 45.8. The quantitative estimate of drug-likeness (QED) is 0.186. The smallest absolute Gasteiger partial charge is 0.411 e. The Morgan fingerprint density at radius 2 is 1.60 bits per heavy atom. The molecular weight excluding hydrogens is 825 g/mol. The van der Waals surface area contributed by atoms with Gasteiger partial charge >= 0.3 is 6.09 Å². The second kappa shape index (κ2) is 17.4. The summed E-state index contributed by atoms with van der Waals surface area (Å²) in [6, 6.07) is 5.39. The Hall–Kier alpha value is -2.39. The molecule has 4 heterocycles. The molecule has 8 fully saturated rings. The predicted molar refractivity (Wildman–Crippen MR) is 218 cm³/mol. The van der Waals surface area contributed by atoms with E-state index in [-0.39, 0.29) is 58.3 Å². The zero-order valence-electron chi connectivity index (χ0n) is 36.5. The van der Waals surface area contributed by atoms with E-state index in [2.05, 4.69) is 33.0 Å². The van der Waals surface area contributed by atoms with Gasteiger partial charge in [-0.1, -0.05) is 39.8 Å². The number of ketones is 1. The molecule has 0 aromatic heterocycles. The lowest BCUT2D eigenvalue weighted by Crippen LogP contribution is -2.65. The van der Waals surface area contributed by atoms with Gasteiger partial charge in [0.05, 0.1) is 31.1 Å². The standard InChI is InChI=1S/C46H66FNO15/c1-21-11-14-46(58-19-21)22(2)33-30(63-46)16-26-25-10-9-23-15-24(12-13-44(23,3)34(25)29(50)17-45(26,33)4)59-41-39(55)37(53)40(31(18-49)60-41)62-42-38(54)36(52)35(51)32(61-42)20-57-43(56)48-28-8-6-5-7-27(28)47/h5-8,21-26,30-42,49,51-55H,9-20H2,1-4H3,(H,48,56)/t21-,22+,23+,24+,25+,26+,30?,31+,32+,33?,34-,35-,36+,37-,38+,39+,40-,41-,42+,44+,45+,46-/m1/s1. The van der Waals surface area contributed by atoms with Gasteiger partial charge in [0.2, 0.25) is 0 Å². The number of para-hydroxylation sites is 1. The molecule has 16 nitrogen and oxygen atoms in total. The van der Waals surface area contributed by atoms with Gasteiger partial charge in [0.15, 0.2) is 18.4 Å². The minimum absolute atomic E-state index is 0.0562. The van der Waals surface area contributed by atoms with Crippen molar-refractivity contribution in [3.63, 3.8) is 0 Å². The molecule has 9 rings (SSSR count). The van der Waals surface area contributed by atoms with Gasteiger partial charge in [-0.2, -0.15) is 0 Å². The van der Waals surface area contributed by atoms with Gasteiger partial charge in [-0.05, 0) is 97.5 Å². The van der Waals surface area contributed by atoms with E-state index in [1.807, 2.05) is 0 Å². The number of carbonyl (C=O) groups excluding carboxylic acids is 2. The van der Waals surface area contributed by atoms with E-state index in [0.717, 1.165) is 44.6 Å². The maximum Gasteiger partial charge on any atom is 0.411 e. The highest BCUT2D eigenvalue weighted by Crippen LogP contribution is 2.70. The Bertz CT molecular complexity index is 1830. The van der Waals surface area contributed by atoms with Crippen LogP contribution in [-0.2, 0) is 38.0 Å². The van der Waals surface area contributed by atoms with Crippen LogP contribution in [0.3, 0.4) is 0 Å². The molecule has 2 unspecified atom stereocenters. The topological polar surface area (TPSA) is 232 Å². The first-order valence-corrected chi connectivity index (χ1v) is 23.1. The van der Waals surface area contributed by atoms with Crippen LogP contribution in [0.25, 0.3) is 0 Å². The van der Waals surface area contributed by atoms with Crippen molar-refractivity contribution in [2.45, 2.75) is 165 Å². The zero-order valence-corrected chi connectivity index (χ0v) is 36.5. The fourth-order valence-electron chi connectivity index (χ4n) is 13.9. The van der Waals surface area contributed by atoms with E-state index in [0.29, 0.717) is 43.5 Å². The predicted octanol–water partition coefficient (Wildman–Crippen LogP) is 3.02. The number of aliphatic hydroxyl groups excluding tert-OH is 6. The number of benzene rings is 1. The number of anilines is 1. The van der Waals surface area contributed by atoms with Crippen LogP contribution in [0.2, 0.25) is 0 Å². The zero-order chi connectivity index (χ0) is 44.7. The van der Waals surface area contributed by atoms with Gasteiger partial charge in [-0.3, -0.25) is 10.1 Å². The lowest BCUT2D eigenvalue weighted by molar-refractivity contribution is -0.364. The van der Waals surface area contributed by atoms with Gasteiger partial charge in [-0.25, -0.2) is 9.18 Å². The SMILES string of the molecule is C[C@@H]1CC[C@@]2(OC1)OC1C[C@H]3[C@@H]4CC[C@H]5C[C@@H](O[C@@H]6O[C@@H](CO)[C@@H](O[C@@H]7O[C@@H](COC(=O)Nc8ccccc8F)[C@@H](O)[C@H](O)[C@@H]7O)[C@H](O)[C@@H]6O)CC[C@]5(C)[C@H]4C(=O)C[C@]3(C)C1[C@@H]2C. The molecular formula is C46H66FNO15. The molecule has 1 aromatic rings. The molecule has 63 heavy (non-hydrogen) atoms. The highest BCUT2D eigenvalue weighted by atomic mass is 19.1. The number of hydrogen-bond acceptors (Lipinski definition) is 15. The average Bonchev–Trinajstić information content (AvgIpc) is 3.70. The van der Waals surface area contributed by atoms with Crippen LogP contribution in [0.15, 0.2) is 24.3 Å². The molecule has 1 aromatic carbocycles. The Morgan fingerprint density at radius 1 is 0.873 bits per heavy atom. The Balaban J connectivity index is 0.806. The Morgan fingerprint density at radius 3 is 2.33 bits per heavy atom. The van der Waals surface area contributed by atoms with Crippen LogP contribution in [0.1, 0.15) is 85.5 Å². The Kier molecular flexibility index (Phi) is 12.6. The first-order valence-electron chi connectivity index (χ1n) is 23.1. The van der Waals surface area contributed by atoms with E-state index in [1.165, 1.54) is 18.2 Å². The normalized spacial score (nSPS) is 50.6. The number of carbonyl (C=O) groups is 2. The van der Waals surface area contributed by atoms with Gasteiger partial charge in [-0.15, -0.1) is 0 Å². The molecule has 22 atom stereocenters. The van der Waals surface area contributed by atoms with Crippen molar-refractivity contribution in [1.29, 1.82) is 0 Å². The highest BCUT2D eigenvalue weighted by Gasteiger charge is 2.71. The summed E-state index contributed by atoms with van der Waals surface area (Å²) in [5, 5.41) is 67.3. The summed E-state index contributed by atoms with van der Waals surface area (Å²) in [6.07, 6.45) is -10.2. The third-order valence-electron chi connectivity index (χ3n) is 17.2. The second-order valence-electron chi connectivity index (χ2n) is 20.7. The third-order valence-corrected chi connectivity index (χ3v) is 17.2. The molecule has 0 bridgehead atoms. The summed E-state index contributed by atoms with van der Waals surface area (Å²) in [5.41, 5.74) is -0.512. The minimum Gasteiger partial charge on any atom is -0.446 e. The number of ether oxygens (including phenoxy) is 7. The summed E-state index contributed by atoms with van der Waals surface area (Å²) in [7, 11) is 0. The average molecular weight is 892 g/mol. The van der Waals surface area contributed by atoms with E-state index in [1.54, 1.807) is 0 Å². The number of nitrogens with one attached hydrogen (secondary N) is 1. The number of hydrogen-bond donors (Lipinski definition) is 7. The molecule has 4 aliphatic heterocycles. The molecule has 17 heteroatoms. The van der Waals surface area contributed by atoms with Crippen molar-refractivity contribution in [2.75, 3.05) is 25.1 Å². The van der Waals surface area contributed by atoms with Crippen LogP contribution in [0.4, 0.5) is 14.9 Å². The van der Waals surface area contributed by atoms with Crippen molar-refractivity contribution in [1.82, 2.24) is 0 Å². The van der Waals surface area contributed by atoms with E-state index >= 15 is 0 Å². The van der Waals surface area contributed by atoms with E-state index < -0.39 is 92.3 Å². The van der Waals surface area contributed by atoms with Crippen molar-refractivity contribution in [3.8, 4) is 0 Å². The number of Topliss-reactive ketones (excluding diaryl/α,β-unsaturated/α-hetero) is 1. The maximum absolute atomic E-state index is 14.6. The first-order chi connectivity index (χ1) is 30.0. The second-order valence-corrected chi connectivity index (χ2v) is 20.7. The maximum atomic E-state index is 14.6. The summed E-state index contributed by atoms with van der Waals surface area (Å²) in [6.45, 7) is 8.50. The van der Waals surface area contributed by atoms with E-state index in [9.17, 15) is 44.6 Å². The highest BCUT2D eigenvalue weighted by molar-refractivity contribution is 5.85. The number of fused-ring (bicyclic) bond motifs is 7. The lowest BCUT2D eigenvalue weighted by Gasteiger charge is -2.60. The van der Waals surface area contributed by atoms with Crippen molar-refractivity contribution in [3.05, 3.63) is 30.1 Å². The summed E-state index contributed by atoms with van der Waals surface area (Å²) < 4.78 is 56.3. The lowest BCUT2D eigenvalue weighted by atomic mass is 9.44.